The van der Waals surface area contributed by atoms with Crippen LogP contribution in [-0.2, 0) is 13.3 Å². The van der Waals surface area contributed by atoms with Crippen LogP contribution in [0.3, 0.4) is 0 Å². The van der Waals surface area contributed by atoms with Crippen LogP contribution in [0.25, 0.3) is 0 Å². The number of alkyl halides is 7. The molecule has 0 unspecified atom stereocenters. The molecule has 0 amide bonds. The minimum absolute atomic E-state index is 0.406. The summed E-state index contributed by atoms with van der Waals surface area (Å²) in [7, 11) is -5.21. The van der Waals surface area contributed by atoms with Gasteiger partial charge in [0.1, 0.15) is 0 Å². The van der Waals surface area contributed by atoms with Gasteiger partial charge in [-0.3, -0.25) is 0 Å². The maximum atomic E-state index is 14.2. The predicted molar refractivity (Wildman–Crippen MR) is 65.8 cm³/mol. The first-order valence-corrected chi connectivity index (χ1v) is 8.35. The molecule has 0 aliphatic rings. The summed E-state index contributed by atoms with van der Waals surface area (Å²) >= 11 is 0. The second kappa shape index (κ2) is 7.93. The summed E-state index contributed by atoms with van der Waals surface area (Å²) in [6.07, 6.45) is -9.11. The third kappa shape index (κ3) is 5.07. The molecule has 0 aromatic carbocycles. The summed E-state index contributed by atoms with van der Waals surface area (Å²) in [6, 6.07) is 0. The van der Waals surface area contributed by atoms with Crippen molar-refractivity contribution >= 4 is 8.80 Å². The fourth-order valence-corrected chi connectivity index (χ4v) is 4.15. The molecule has 0 heterocycles. The molecule has 0 bridgehead atoms. The Labute approximate surface area is 125 Å². The van der Waals surface area contributed by atoms with Crippen LogP contribution in [0.15, 0.2) is 0 Å². The van der Waals surface area contributed by atoms with E-state index in [1.807, 2.05) is 0 Å². The lowest BCUT2D eigenvalue weighted by Crippen LogP contribution is -2.68. The van der Waals surface area contributed by atoms with Crippen LogP contribution in [0.1, 0.15) is 33.6 Å². The Kier molecular flexibility index (Phi) is 7.79. The third-order valence-corrected chi connectivity index (χ3v) is 5.71. The molecule has 134 valence electrons. The molecule has 0 fully saturated rings. The van der Waals surface area contributed by atoms with E-state index in [1.165, 1.54) is 20.8 Å². The van der Waals surface area contributed by atoms with E-state index in [9.17, 15) is 30.7 Å². The fraction of sp³-hybridized carbons (Fsp3) is 1.00. The molecule has 0 saturated carbocycles. The molecule has 0 radical (unpaired) electrons. The van der Waals surface area contributed by atoms with Crippen LogP contribution in [-0.4, -0.2) is 46.3 Å². The second-order valence-electron chi connectivity index (χ2n) is 4.25. The molecule has 0 rings (SSSR count). The van der Waals surface area contributed by atoms with Gasteiger partial charge in [0.05, 0.1) is 0 Å². The van der Waals surface area contributed by atoms with Gasteiger partial charge in [-0.1, -0.05) is 0 Å². The minimum atomic E-state index is -5.21. The summed E-state index contributed by atoms with van der Waals surface area (Å²) in [4.78, 5) is 0. The van der Waals surface area contributed by atoms with Crippen LogP contribution in [0, 0.1) is 0 Å². The van der Waals surface area contributed by atoms with Gasteiger partial charge in [0.2, 0.25) is 0 Å². The van der Waals surface area contributed by atoms with Gasteiger partial charge in [0.15, 0.2) is 0 Å². The van der Waals surface area contributed by atoms with Gasteiger partial charge >= 0.3 is 26.4 Å². The lowest BCUT2D eigenvalue weighted by Gasteiger charge is -2.38. The normalized spacial score (nSPS) is 14.5. The first-order valence-electron chi connectivity index (χ1n) is 6.63. The molecule has 0 atom stereocenters. The van der Waals surface area contributed by atoms with E-state index in [0.29, 0.717) is 0 Å². The van der Waals surface area contributed by atoms with Crippen molar-refractivity contribution in [2.24, 2.45) is 0 Å². The van der Waals surface area contributed by atoms with E-state index in [1.54, 1.807) is 0 Å². The van der Waals surface area contributed by atoms with Crippen molar-refractivity contribution in [3.8, 4) is 0 Å². The lowest BCUT2D eigenvalue weighted by atomic mass is 10.2. The molecular formula is C11H19F7O3Si. The van der Waals surface area contributed by atoms with Crippen molar-refractivity contribution in [1.82, 2.24) is 0 Å². The monoisotopic (exact) mass is 360 g/mol. The average molecular weight is 360 g/mol. The SMILES string of the molecule is CCO[Si](OCC)(OCC)C(F)(F)C(F)(F)CCC(F)(F)F. The highest BCUT2D eigenvalue weighted by molar-refractivity contribution is 6.63. The standard InChI is InChI=1S/C11H19F7O3Si/c1-4-19-22(20-5-2,21-6-3)11(17,18)9(12,13)7-8-10(14,15)16/h4-8H2,1-3H3. The van der Waals surface area contributed by atoms with E-state index in [-0.39, 0.29) is 0 Å². The van der Waals surface area contributed by atoms with Crippen LogP contribution in [0.4, 0.5) is 30.7 Å². The third-order valence-electron chi connectivity index (χ3n) is 2.57. The fourth-order valence-electron chi connectivity index (χ4n) is 1.65. The van der Waals surface area contributed by atoms with Crippen LogP contribution in [0.2, 0.25) is 0 Å². The summed E-state index contributed by atoms with van der Waals surface area (Å²) < 4.78 is 106. The molecule has 0 saturated heterocycles. The van der Waals surface area contributed by atoms with Gasteiger partial charge < -0.3 is 13.3 Å². The van der Waals surface area contributed by atoms with Gasteiger partial charge in [-0.25, -0.2) is 0 Å². The molecule has 0 N–H and O–H groups in total. The van der Waals surface area contributed by atoms with Gasteiger partial charge in [0.25, 0.3) is 0 Å². The van der Waals surface area contributed by atoms with Crippen LogP contribution >= 0.6 is 0 Å². The van der Waals surface area contributed by atoms with E-state index in [2.05, 4.69) is 13.3 Å². The molecule has 22 heavy (non-hydrogen) atoms. The van der Waals surface area contributed by atoms with Crippen molar-refractivity contribution in [3.05, 3.63) is 0 Å². The number of rotatable bonds is 10. The highest BCUT2D eigenvalue weighted by atomic mass is 28.4. The van der Waals surface area contributed by atoms with Crippen molar-refractivity contribution in [3.63, 3.8) is 0 Å². The lowest BCUT2D eigenvalue weighted by molar-refractivity contribution is -0.219. The maximum Gasteiger partial charge on any atom is 0.581 e. The van der Waals surface area contributed by atoms with Gasteiger partial charge in [-0.15, -0.1) is 0 Å². The maximum absolute atomic E-state index is 14.2. The number of hydrogen-bond acceptors (Lipinski definition) is 3. The number of halogens is 7. The summed E-state index contributed by atoms with van der Waals surface area (Å²) in [5.41, 5.74) is -4.98. The van der Waals surface area contributed by atoms with Gasteiger partial charge in [-0.05, 0) is 20.8 Å². The largest absolute Gasteiger partial charge is 0.581 e. The summed E-state index contributed by atoms with van der Waals surface area (Å²) in [5.74, 6) is -4.98. The number of hydrogen-bond donors (Lipinski definition) is 0. The quantitative estimate of drug-likeness (QED) is 0.432. The Morgan fingerprint density at radius 3 is 1.32 bits per heavy atom. The van der Waals surface area contributed by atoms with Crippen LogP contribution in [0.5, 0.6) is 0 Å². The highest BCUT2D eigenvalue weighted by Crippen LogP contribution is 2.46. The van der Waals surface area contributed by atoms with E-state index < -0.39 is 59.1 Å². The molecule has 11 heteroatoms. The Hall–Kier alpha value is -0.393. The first kappa shape index (κ1) is 21.6. The molecule has 0 spiro atoms. The van der Waals surface area contributed by atoms with Gasteiger partial charge in [0, 0.05) is 32.7 Å². The zero-order valence-electron chi connectivity index (χ0n) is 12.4. The molecular weight excluding hydrogens is 341 g/mol. The average Bonchev–Trinajstić information content (AvgIpc) is 2.36. The highest BCUT2D eigenvalue weighted by Gasteiger charge is 2.76. The Morgan fingerprint density at radius 1 is 0.682 bits per heavy atom. The molecule has 0 aromatic heterocycles. The Morgan fingerprint density at radius 2 is 1.05 bits per heavy atom. The van der Waals surface area contributed by atoms with E-state index in [4.69, 9.17) is 0 Å². The van der Waals surface area contributed by atoms with E-state index >= 15 is 0 Å². The zero-order chi connectivity index (χ0) is 17.7. The van der Waals surface area contributed by atoms with Crippen molar-refractivity contribution in [1.29, 1.82) is 0 Å². The molecule has 0 aliphatic carbocycles. The first-order chi connectivity index (χ1) is 9.89. The zero-order valence-corrected chi connectivity index (χ0v) is 13.4. The topological polar surface area (TPSA) is 27.7 Å². The summed E-state index contributed by atoms with van der Waals surface area (Å²) in [5, 5.41) is 0. The summed E-state index contributed by atoms with van der Waals surface area (Å²) in [6.45, 7) is 2.59. The Bertz CT molecular complexity index is 319. The molecule has 3 nitrogen and oxygen atoms in total. The Balaban J connectivity index is 5.53. The van der Waals surface area contributed by atoms with Crippen molar-refractivity contribution in [2.75, 3.05) is 19.8 Å². The van der Waals surface area contributed by atoms with Crippen molar-refractivity contribution in [2.45, 2.75) is 51.3 Å². The van der Waals surface area contributed by atoms with E-state index in [0.717, 1.165) is 0 Å². The van der Waals surface area contributed by atoms with Crippen molar-refractivity contribution < 1.29 is 44.0 Å². The van der Waals surface area contributed by atoms with Gasteiger partial charge in [-0.2, -0.15) is 30.7 Å². The second-order valence-corrected chi connectivity index (χ2v) is 6.86. The predicted octanol–water partition coefficient (Wildman–Crippen LogP) is 4.19. The van der Waals surface area contributed by atoms with Crippen LogP contribution < -0.4 is 0 Å². The smallest absolute Gasteiger partial charge is 0.370 e. The molecule has 0 aliphatic heterocycles. The molecule has 0 aromatic rings. The minimum Gasteiger partial charge on any atom is -0.370 e.